The number of hydrogen-bond acceptors (Lipinski definition) is 2. The summed E-state index contributed by atoms with van der Waals surface area (Å²) in [5.41, 5.74) is 0. The third kappa shape index (κ3) is 1.95. The van der Waals surface area contributed by atoms with E-state index in [1.165, 1.54) is 0 Å². The molecule has 54 valence electrons. The van der Waals surface area contributed by atoms with Crippen LogP contribution in [0, 0.1) is 5.92 Å². The molecule has 0 aromatic carbocycles. The average molecular weight is 130 g/mol. The van der Waals surface area contributed by atoms with E-state index in [1.54, 1.807) is 0 Å². The van der Waals surface area contributed by atoms with E-state index in [1.807, 2.05) is 0 Å². The lowest BCUT2D eigenvalue weighted by Crippen LogP contribution is -2.28. The van der Waals surface area contributed by atoms with Crippen LogP contribution in [0.3, 0.4) is 0 Å². The molecule has 2 nitrogen and oxygen atoms in total. The fourth-order valence-corrected chi connectivity index (χ4v) is 1.53. The average Bonchev–Trinajstić information content (AvgIpc) is 1.59. The molecule has 0 radical (unpaired) electrons. The monoisotopic (exact) mass is 130 g/mol. The van der Waals surface area contributed by atoms with Gasteiger partial charge in [0, 0.05) is 0 Å². The van der Waals surface area contributed by atoms with E-state index < -0.39 is 0 Å². The molecule has 0 aromatic heterocycles. The Bertz CT molecular complexity index is 67.9. The Balaban J connectivity index is 2.34. The van der Waals surface area contributed by atoms with E-state index in [4.69, 9.17) is 10.2 Å². The second-order valence-electron chi connectivity index (χ2n) is 3.12. The zero-order valence-corrected chi connectivity index (χ0v) is 5.75. The van der Waals surface area contributed by atoms with Gasteiger partial charge in [0.2, 0.25) is 0 Å². The highest BCUT2D eigenvalue weighted by atomic mass is 16.3. The smallest absolute Gasteiger partial charge is 0.0567 e. The van der Waals surface area contributed by atoms with E-state index in [0.29, 0.717) is 12.3 Å². The van der Waals surface area contributed by atoms with Crippen LogP contribution in [0.25, 0.3) is 0 Å². The first-order valence-corrected chi connectivity index (χ1v) is 3.54. The van der Waals surface area contributed by atoms with Crippen LogP contribution in [0.15, 0.2) is 0 Å². The first-order chi connectivity index (χ1) is 4.18. The lowest BCUT2D eigenvalue weighted by molar-refractivity contribution is 0.0186. The van der Waals surface area contributed by atoms with Crippen molar-refractivity contribution in [2.24, 2.45) is 5.92 Å². The molecule has 2 N–H and O–H groups in total. The van der Waals surface area contributed by atoms with Gasteiger partial charge >= 0.3 is 0 Å². The molecular weight excluding hydrogens is 116 g/mol. The van der Waals surface area contributed by atoms with E-state index >= 15 is 0 Å². The highest BCUT2D eigenvalue weighted by Gasteiger charge is 2.22. The summed E-state index contributed by atoms with van der Waals surface area (Å²) in [5.74, 6) is 0.490. The van der Waals surface area contributed by atoms with Crippen molar-refractivity contribution in [2.45, 2.75) is 38.4 Å². The zero-order chi connectivity index (χ0) is 6.85. The van der Waals surface area contributed by atoms with Crippen LogP contribution in [0.2, 0.25) is 0 Å². The molecule has 0 spiro atoms. The van der Waals surface area contributed by atoms with Gasteiger partial charge in [0.05, 0.1) is 12.2 Å². The molecule has 0 saturated heterocycles. The SMILES string of the molecule is C[C@@H]1C[C@@H](O)C[C@@H](O)C1. The van der Waals surface area contributed by atoms with Crippen molar-refractivity contribution in [1.29, 1.82) is 0 Å². The van der Waals surface area contributed by atoms with Crippen LogP contribution in [0.5, 0.6) is 0 Å². The Kier molecular flexibility index (Phi) is 2.09. The largest absolute Gasteiger partial charge is 0.393 e. The molecule has 1 fully saturated rings. The van der Waals surface area contributed by atoms with Crippen molar-refractivity contribution in [3.63, 3.8) is 0 Å². The van der Waals surface area contributed by atoms with Gasteiger partial charge in [0.15, 0.2) is 0 Å². The lowest BCUT2D eigenvalue weighted by Gasteiger charge is -2.26. The van der Waals surface area contributed by atoms with Crippen molar-refractivity contribution in [3.05, 3.63) is 0 Å². The van der Waals surface area contributed by atoms with Gasteiger partial charge in [-0.3, -0.25) is 0 Å². The molecule has 3 atom stereocenters. The number of aliphatic hydroxyl groups excluding tert-OH is 2. The predicted octanol–water partition coefficient (Wildman–Crippen LogP) is 0.528. The third-order valence-electron chi connectivity index (χ3n) is 1.89. The van der Waals surface area contributed by atoms with E-state index in [2.05, 4.69) is 6.92 Å². The van der Waals surface area contributed by atoms with E-state index in [0.717, 1.165) is 12.8 Å². The summed E-state index contributed by atoms with van der Waals surface area (Å²) in [6.07, 6.45) is 1.77. The molecule has 1 saturated carbocycles. The minimum Gasteiger partial charge on any atom is -0.393 e. The van der Waals surface area contributed by atoms with Gasteiger partial charge in [-0.2, -0.15) is 0 Å². The summed E-state index contributed by atoms with van der Waals surface area (Å²) in [4.78, 5) is 0. The number of rotatable bonds is 0. The van der Waals surface area contributed by atoms with Crippen LogP contribution in [0.1, 0.15) is 26.2 Å². The summed E-state index contributed by atoms with van der Waals surface area (Å²) in [6.45, 7) is 2.06. The Morgan fingerprint density at radius 1 is 1.00 bits per heavy atom. The van der Waals surface area contributed by atoms with Crippen LogP contribution in [-0.4, -0.2) is 22.4 Å². The number of aliphatic hydroxyl groups is 2. The Hall–Kier alpha value is -0.0800. The summed E-state index contributed by atoms with van der Waals surface area (Å²) in [7, 11) is 0. The lowest BCUT2D eigenvalue weighted by atomic mass is 9.87. The Labute approximate surface area is 55.5 Å². The summed E-state index contributed by atoms with van der Waals surface area (Å²) in [5, 5.41) is 18.2. The van der Waals surface area contributed by atoms with Crippen LogP contribution in [-0.2, 0) is 0 Å². The molecule has 0 aromatic rings. The second kappa shape index (κ2) is 2.67. The number of hydrogen-bond donors (Lipinski definition) is 2. The van der Waals surface area contributed by atoms with Gasteiger partial charge < -0.3 is 10.2 Å². The minimum atomic E-state index is -0.260. The molecule has 1 aliphatic carbocycles. The normalized spacial score (nSPS) is 45.0. The van der Waals surface area contributed by atoms with Gasteiger partial charge in [0.1, 0.15) is 0 Å². The fraction of sp³-hybridized carbons (Fsp3) is 1.00. The zero-order valence-electron chi connectivity index (χ0n) is 5.75. The first kappa shape index (κ1) is 7.03. The van der Waals surface area contributed by atoms with E-state index in [-0.39, 0.29) is 12.2 Å². The van der Waals surface area contributed by atoms with Gasteiger partial charge in [-0.15, -0.1) is 0 Å². The van der Waals surface area contributed by atoms with Crippen molar-refractivity contribution < 1.29 is 10.2 Å². The minimum absolute atomic E-state index is 0.260. The Morgan fingerprint density at radius 3 is 1.78 bits per heavy atom. The van der Waals surface area contributed by atoms with Crippen LogP contribution in [0.4, 0.5) is 0 Å². The van der Waals surface area contributed by atoms with E-state index in [9.17, 15) is 0 Å². The van der Waals surface area contributed by atoms with Crippen LogP contribution < -0.4 is 0 Å². The maximum atomic E-state index is 9.09. The highest BCUT2D eigenvalue weighted by Crippen LogP contribution is 2.23. The quantitative estimate of drug-likeness (QED) is 0.502. The predicted molar refractivity (Wildman–Crippen MR) is 35.0 cm³/mol. The molecule has 9 heavy (non-hydrogen) atoms. The molecule has 0 amide bonds. The molecule has 0 bridgehead atoms. The maximum Gasteiger partial charge on any atom is 0.0567 e. The van der Waals surface area contributed by atoms with Gasteiger partial charge in [0.25, 0.3) is 0 Å². The van der Waals surface area contributed by atoms with Crippen molar-refractivity contribution in [3.8, 4) is 0 Å². The molecular formula is C7H14O2. The van der Waals surface area contributed by atoms with Gasteiger partial charge in [-0.05, 0) is 25.2 Å². The van der Waals surface area contributed by atoms with Crippen molar-refractivity contribution >= 4 is 0 Å². The highest BCUT2D eigenvalue weighted by molar-refractivity contribution is 4.74. The van der Waals surface area contributed by atoms with Crippen molar-refractivity contribution in [1.82, 2.24) is 0 Å². The van der Waals surface area contributed by atoms with Crippen molar-refractivity contribution in [2.75, 3.05) is 0 Å². The molecule has 1 rings (SSSR count). The topological polar surface area (TPSA) is 40.5 Å². The molecule has 0 heterocycles. The first-order valence-electron chi connectivity index (χ1n) is 3.54. The molecule has 1 aliphatic rings. The van der Waals surface area contributed by atoms with Gasteiger partial charge in [-0.1, -0.05) is 6.92 Å². The standard InChI is InChI=1S/C7H14O2/c1-5-2-6(8)4-7(9)3-5/h5-9H,2-4H2,1H3/t5-,6-,7+. The van der Waals surface area contributed by atoms with Gasteiger partial charge in [-0.25, -0.2) is 0 Å². The fourth-order valence-electron chi connectivity index (χ4n) is 1.53. The van der Waals surface area contributed by atoms with Crippen LogP contribution >= 0.6 is 0 Å². The molecule has 0 unspecified atom stereocenters. The third-order valence-corrected chi connectivity index (χ3v) is 1.89. The Morgan fingerprint density at radius 2 is 1.44 bits per heavy atom. The molecule has 2 heteroatoms. The summed E-state index contributed by atoms with van der Waals surface area (Å²) >= 11 is 0. The maximum absolute atomic E-state index is 9.09. The molecule has 0 aliphatic heterocycles. The summed E-state index contributed by atoms with van der Waals surface area (Å²) in [6, 6.07) is 0. The summed E-state index contributed by atoms with van der Waals surface area (Å²) < 4.78 is 0. The second-order valence-corrected chi connectivity index (χ2v) is 3.12.